The van der Waals surface area contributed by atoms with Gasteiger partial charge in [-0.25, -0.2) is 9.59 Å². The largest absolute Gasteiger partial charge is 0.514 e. The van der Waals surface area contributed by atoms with Gasteiger partial charge in [-0.2, -0.15) is 0 Å². The van der Waals surface area contributed by atoms with Crippen molar-refractivity contribution in [1.82, 2.24) is 5.32 Å². The quantitative estimate of drug-likeness (QED) is 0.134. The zero-order valence-corrected chi connectivity index (χ0v) is 25.8. The zero-order valence-electron chi connectivity index (χ0n) is 25.8. The van der Waals surface area contributed by atoms with Crippen molar-refractivity contribution in [3.8, 4) is 11.5 Å². The summed E-state index contributed by atoms with van der Waals surface area (Å²) in [4.78, 5) is 49.1. The normalized spacial score (nSPS) is 13.9. The van der Waals surface area contributed by atoms with Crippen molar-refractivity contribution in [3.63, 3.8) is 0 Å². The molecule has 0 amide bonds. The Hall–Kier alpha value is -3.34. The topological polar surface area (TPSA) is 147 Å². The van der Waals surface area contributed by atoms with E-state index in [4.69, 9.17) is 23.7 Å². The second-order valence-electron chi connectivity index (χ2n) is 11.4. The lowest BCUT2D eigenvalue weighted by molar-refractivity contribution is -0.152. The lowest BCUT2D eigenvalue weighted by Crippen LogP contribution is -2.43. The summed E-state index contributed by atoms with van der Waals surface area (Å²) < 4.78 is 26.8. The smallest absolute Gasteiger partial charge is 0.480 e. The average Bonchev–Trinajstić information content (AvgIpc) is 2.87. The Morgan fingerprint density at radius 1 is 0.878 bits per heavy atom. The minimum atomic E-state index is -1.12. The molecule has 0 spiro atoms. The minimum absolute atomic E-state index is 0.0122. The van der Waals surface area contributed by atoms with Gasteiger partial charge in [-0.05, 0) is 78.0 Å². The predicted molar refractivity (Wildman–Crippen MR) is 152 cm³/mol. The van der Waals surface area contributed by atoms with E-state index in [2.05, 4.69) is 5.32 Å². The lowest BCUT2D eigenvalue weighted by Gasteiger charge is -2.24. The molecule has 1 aromatic rings. The fourth-order valence-corrected chi connectivity index (χ4v) is 3.36. The van der Waals surface area contributed by atoms with Crippen molar-refractivity contribution in [2.45, 2.75) is 118 Å². The number of carbonyl (C=O) groups is 4. The van der Waals surface area contributed by atoms with Gasteiger partial charge in [0.05, 0.1) is 5.92 Å². The van der Waals surface area contributed by atoms with E-state index in [-0.39, 0.29) is 36.4 Å². The molecule has 0 aliphatic heterocycles. The Kier molecular flexibility index (Phi) is 14.1. The molecule has 0 heterocycles. The third-order valence-corrected chi connectivity index (χ3v) is 6.65. The van der Waals surface area contributed by atoms with E-state index in [1.54, 1.807) is 47.6 Å². The van der Waals surface area contributed by atoms with Crippen molar-refractivity contribution in [2.75, 3.05) is 6.54 Å². The van der Waals surface area contributed by atoms with Gasteiger partial charge in [-0.15, -0.1) is 0 Å². The molecule has 0 saturated carbocycles. The first-order valence-corrected chi connectivity index (χ1v) is 14.1. The molecule has 11 nitrogen and oxygen atoms in total. The van der Waals surface area contributed by atoms with E-state index < -0.39 is 41.6 Å². The number of benzene rings is 1. The van der Waals surface area contributed by atoms with E-state index >= 15 is 0 Å². The van der Waals surface area contributed by atoms with E-state index in [0.29, 0.717) is 24.8 Å². The molecule has 0 aliphatic rings. The third-order valence-electron chi connectivity index (χ3n) is 6.65. The first kappa shape index (κ1) is 35.7. The van der Waals surface area contributed by atoms with Gasteiger partial charge in [0, 0.05) is 6.54 Å². The fraction of sp³-hybridized carbons (Fsp3) is 0.667. The molecule has 0 aliphatic carbocycles. The van der Waals surface area contributed by atoms with Crippen LogP contribution in [0.25, 0.3) is 0 Å². The number of carboxylic acids is 1. The summed E-state index contributed by atoms with van der Waals surface area (Å²) in [5, 5.41) is 12.7. The molecule has 11 heteroatoms. The highest BCUT2D eigenvalue weighted by atomic mass is 16.8. The molecule has 0 radical (unpaired) electrons. The second kappa shape index (κ2) is 16.2. The number of aliphatic carboxylic acids is 1. The number of hydrogen-bond donors (Lipinski definition) is 2. The van der Waals surface area contributed by atoms with Crippen LogP contribution in [-0.2, 0) is 30.2 Å². The molecule has 1 rings (SSSR count). The molecule has 2 unspecified atom stereocenters. The van der Waals surface area contributed by atoms with Crippen molar-refractivity contribution >= 4 is 24.2 Å². The molecular formula is C30H47NO10. The van der Waals surface area contributed by atoms with Gasteiger partial charge in [0.15, 0.2) is 11.5 Å². The number of ether oxygens (including phenoxy) is 5. The number of esters is 1. The summed E-state index contributed by atoms with van der Waals surface area (Å²) in [5.74, 6) is -1.93. The Labute approximate surface area is 243 Å². The third kappa shape index (κ3) is 13.2. The van der Waals surface area contributed by atoms with Crippen molar-refractivity contribution < 1.29 is 48.0 Å². The highest BCUT2D eigenvalue weighted by Gasteiger charge is 2.27. The number of hydrogen-bond acceptors (Lipinski definition) is 10. The van der Waals surface area contributed by atoms with Crippen LogP contribution in [0.2, 0.25) is 0 Å². The maximum absolute atomic E-state index is 12.5. The van der Waals surface area contributed by atoms with E-state index in [0.717, 1.165) is 6.42 Å². The van der Waals surface area contributed by atoms with Crippen LogP contribution in [0.1, 0.15) is 93.6 Å². The molecule has 0 saturated heterocycles. The van der Waals surface area contributed by atoms with Crippen molar-refractivity contribution in [2.24, 2.45) is 5.92 Å². The van der Waals surface area contributed by atoms with Gasteiger partial charge in [0.1, 0.15) is 23.3 Å². The lowest BCUT2D eigenvalue weighted by atomic mass is 10.0. The molecule has 2 N–H and O–H groups in total. The monoisotopic (exact) mass is 581 g/mol. The second-order valence-corrected chi connectivity index (χ2v) is 11.4. The molecule has 0 fully saturated rings. The molecular weight excluding hydrogens is 534 g/mol. The average molecular weight is 582 g/mol. The van der Waals surface area contributed by atoms with Crippen LogP contribution in [0.3, 0.4) is 0 Å². The minimum Gasteiger partial charge on any atom is -0.480 e. The zero-order chi connectivity index (χ0) is 31.4. The summed E-state index contributed by atoms with van der Waals surface area (Å²) in [7, 11) is 0. The van der Waals surface area contributed by atoms with Gasteiger partial charge < -0.3 is 34.1 Å². The summed E-state index contributed by atoms with van der Waals surface area (Å²) in [6.07, 6.45) is 0.0725. The predicted octanol–water partition coefficient (Wildman–Crippen LogP) is 6.05. The van der Waals surface area contributed by atoms with Crippen LogP contribution < -0.4 is 14.8 Å². The van der Waals surface area contributed by atoms with Gasteiger partial charge in [-0.1, -0.05) is 40.2 Å². The first-order valence-electron chi connectivity index (χ1n) is 14.1. The van der Waals surface area contributed by atoms with Crippen LogP contribution in [0, 0.1) is 5.92 Å². The fourth-order valence-electron chi connectivity index (χ4n) is 3.36. The van der Waals surface area contributed by atoms with Crippen molar-refractivity contribution in [1.29, 1.82) is 0 Å². The highest BCUT2D eigenvalue weighted by molar-refractivity contribution is 5.74. The Morgan fingerprint density at radius 3 is 1.90 bits per heavy atom. The van der Waals surface area contributed by atoms with Crippen LogP contribution >= 0.6 is 0 Å². The van der Waals surface area contributed by atoms with Gasteiger partial charge in [0.25, 0.3) is 0 Å². The number of carbonyl (C=O) groups excluding carboxylic acids is 3. The highest BCUT2D eigenvalue weighted by Crippen LogP contribution is 2.31. The number of rotatable bonds is 16. The maximum Gasteiger partial charge on any atom is 0.514 e. The number of carboxylic acid groups (broad SMARTS) is 1. The molecule has 41 heavy (non-hydrogen) atoms. The van der Waals surface area contributed by atoms with Crippen LogP contribution in [0.15, 0.2) is 18.2 Å². The Morgan fingerprint density at radius 2 is 1.41 bits per heavy atom. The standard InChI is InChI=1S/C30H47NO10/c1-10-13-19(4)26(34)37-20(5)18-31-22(25(32)33)16-21-14-15-23(38-27(35)40-29(6,7)11-2)24(17-21)39-28(36)41-30(8,9)12-3/h14-15,17,19-20,22,31H,10-13,16,18H2,1-9H3,(H,32,33)/t19?,20?,22-/m0/s1. The molecule has 0 bridgehead atoms. The molecule has 0 aromatic heterocycles. The van der Waals surface area contributed by atoms with Crippen LogP contribution in [0.5, 0.6) is 11.5 Å². The summed E-state index contributed by atoms with van der Waals surface area (Å²) in [5.41, 5.74) is -1.10. The van der Waals surface area contributed by atoms with E-state index in [1.807, 2.05) is 20.8 Å². The summed E-state index contributed by atoms with van der Waals surface area (Å²) in [6.45, 7) is 16.2. The SMILES string of the molecule is CCCC(C)C(=O)OC(C)CN[C@@H](Cc1ccc(OC(=O)OC(C)(C)CC)c(OC(=O)OC(C)(C)CC)c1)C(=O)O. The molecule has 1 aromatic carbocycles. The first-order chi connectivity index (χ1) is 19.0. The van der Waals surface area contributed by atoms with Gasteiger partial charge >= 0.3 is 24.2 Å². The molecule has 3 atom stereocenters. The summed E-state index contributed by atoms with van der Waals surface area (Å²) >= 11 is 0. The Balaban J connectivity index is 3.10. The number of nitrogens with one attached hydrogen (secondary N) is 1. The van der Waals surface area contributed by atoms with E-state index in [9.17, 15) is 24.3 Å². The summed E-state index contributed by atoms with van der Waals surface area (Å²) in [6, 6.07) is 3.29. The Bertz CT molecular complexity index is 1040. The van der Waals surface area contributed by atoms with E-state index in [1.165, 1.54) is 12.1 Å². The molecule has 232 valence electrons. The van der Waals surface area contributed by atoms with Crippen molar-refractivity contribution in [3.05, 3.63) is 23.8 Å². The maximum atomic E-state index is 12.5. The van der Waals surface area contributed by atoms with Crippen LogP contribution in [-0.4, -0.2) is 59.2 Å². The van der Waals surface area contributed by atoms with Gasteiger partial charge in [0.2, 0.25) is 0 Å². The van der Waals surface area contributed by atoms with Gasteiger partial charge in [-0.3, -0.25) is 9.59 Å². The van der Waals surface area contributed by atoms with Crippen LogP contribution in [0.4, 0.5) is 9.59 Å².